The molecule has 0 saturated heterocycles. The van der Waals surface area contributed by atoms with Gasteiger partial charge in [0.05, 0.1) is 0 Å². The molecule has 199 valence electrons. The molecule has 0 spiro atoms. The van der Waals surface area contributed by atoms with Gasteiger partial charge in [0.25, 0.3) is 0 Å². The number of aryl methyl sites for hydroxylation is 1. The molecule has 0 N–H and O–H groups in total. The second-order valence-electron chi connectivity index (χ2n) is 11.1. The fourth-order valence-corrected chi connectivity index (χ4v) is 6.16. The van der Waals surface area contributed by atoms with Crippen molar-refractivity contribution in [3.8, 4) is 11.3 Å². The summed E-state index contributed by atoms with van der Waals surface area (Å²) in [6.45, 7) is 10.3. The predicted octanol–water partition coefficient (Wildman–Crippen LogP) is 8.99. The molecule has 1 aromatic heterocycles. The maximum atomic E-state index is 10.8. The van der Waals surface area contributed by atoms with E-state index in [0.29, 0.717) is 6.04 Å². The van der Waals surface area contributed by atoms with Crippen LogP contribution in [0.15, 0.2) is 66.5 Å². The van der Waals surface area contributed by atoms with Gasteiger partial charge in [0.1, 0.15) is 0 Å². The van der Waals surface area contributed by atoms with Crippen molar-refractivity contribution in [3.05, 3.63) is 94.6 Å². The fraction of sp³-hybridized carbons (Fsp3) is 0.353. The van der Waals surface area contributed by atoms with Gasteiger partial charge in [-0.05, 0) is 53.4 Å². The Morgan fingerprint density at radius 2 is 1.79 bits per heavy atom. The van der Waals surface area contributed by atoms with Crippen LogP contribution in [0.3, 0.4) is 0 Å². The van der Waals surface area contributed by atoms with Gasteiger partial charge in [0.2, 0.25) is 0 Å². The van der Waals surface area contributed by atoms with Crippen LogP contribution in [0.25, 0.3) is 38.1 Å². The number of ketones is 1. The molecule has 0 atom stereocenters. The first-order chi connectivity index (χ1) is 17.8. The summed E-state index contributed by atoms with van der Waals surface area (Å²) in [4.78, 5) is 15.5. The third-order valence-electron chi connectivity index (χ3n) is 7.77. The molecule has 0 bridgehead atoms. The Labute approximate surface area is 240 Å². The molecular formula is C34H36IrN2O-2. The molecule has 0 unspecified atom stereocenters. The number of fused-ring (bicyclic) bond motifs is 4. The minimum atomic E-state index is -0.0764. The molecule has 0 aliphatic heterocycles. The minimum absolute atomic E-state index is 0. The molecule has 1 saturated carbocycles. The van der Waals surface area contributed by atoms with Crippen molar-refractivity contribution in [3.63, 3.8) is 0 Å². The number of pyridine rings is 1. The van der Waals surface area contributed by atoms with Crippen molar-refractivity contribution in [2.45, 2.75) is 78.2 Å². The van der Waals surface area contributed by atoms with Gasteiger partial charge in [0.15, 0.2) is 5.78 Å². The molecule has 1 radical (unpaired) electrons. The number of aromatic nitrogens is 1. The monoisotopic (exact) mass is 681 g/mol. The molecule has 38 heavy (non-hydrogen) atoms. The Balaban J connectivity index is 0.000000207. The summed E-state index contributed by atoms with van der Waals surface area (Å²) in [7, 11) is 0. The first-order valence-corrected chi connectivity index (χ1v) is 13.5. The van der Waals surface area contributed by atoms with Crippen LogP contribution in [0.1, 0.15) is 76.5 Å². The number of rotatable bonds is 3. The molecule has 3 nitrogen and oxygen atoms in total. The third kappa shape index (κ3) is 5.48. The number of nitrogens with zero attached hydrogens (tertiary/aromatic N) is 2. The Morgan fingerprint density at radius 1 is 1.05 bits per heavy atom. The minimum Gasteiger partial charge on any atom is -0.685 e. The van der Waals surface area contributed by atoms with E-state index >= 15 is 0 Å². The molecule has 1 fully saturated rings. The van der Waals surface area contributed by atoms with E-state index in [1.165, 1.54) is 70.3 Å². The van der Waals surface area contributed by atoms with E-state index in [1.54, 1.807) is 13.0 Å². The van der Waals surface area contributed by atoms with Gasteiger partial charge in [-0.15, -0.1) is 29.3 Å². The summed E-state index contributed by atoms with van der Waals surface area (Å²) in [5.74, 6) is 0.0945. The summed E-state index contributed by atoms with van der Waals surface area (Å²) < 4.78 is 0. The van der Waals surface area contributed by atoms with Crippen molar-refractivity contribution in [2.75, 3.05) is 0 Å². The Bertz CT molecular complexity index is 1510. The summed E-state index contributed by atoms with van der Waals surface area (Å²) in [5, 5.41) is 9.62. The van der Waals surface area contributed by atoms with E-state index in [9.17, 15) is 4.79 Å². The van der Waals surface area contributed by atoms with Crippen LogP contribution in [-0.4, -0.2) is 16.8 Å². The zero-order valence-electron chi connectivity index (χ0n) is 23.0. The van der Waals surface area contributed by atoms with E-state index in [2.05, 4.69) is 80.7 Å². The Hall–Kier alpha value is -2.81. The second-order valence-corrected chi connectivity index (χ2v) is 11.1. The van der Waals surface area contributed by atoms with Gasteiger partial charge >= 0.3 is 0 Å². The fourth-order valence-electron chi connectivity index (χ4n) is 6.16. The number of carbonyl (C=O) groups excluding carboxylic acids is 1. The molecule has 1 heterocycles. The largest absolute Gasteiger partial charge is 0.685 e. The van der Waals surface area contributed by atoms with Crippen LogP contribution in [0, 0.1) is 13.0 Å². The van der Waals surface area contributed by atoms with Crippen molar-refractivity contribution >= 4 is 27.3 Å². The van der Waals surface area contributed by atoms with Gasteiger partial charge < -0.3 is 10.3 Å². The van der Waals surface area contributed by atoms with Gasteiger partial charge in [0, 0.05) is 26.3 Å². The van der Waals surface area contributed by atoms with E-state index in [4.69, 9.17) is 4.98 Å². The zero-order chi connectivity index (χ0) is 26.2. The van der Waals surface area contributed by atoms with Gasteiger partial charge in [-0.2, -0.15) is 5.70 Å². The topological polar surface area (TPSA) is 44.1 Å². The molecular weight excluding hydrogens is 645 g/mol. The van der Waals surface area contributed by atoms with Gasteiger partial charge in [-0.1, -0.05) is 106 Å². The third-order valence-corrected chi connectivity index (χ3v) is 7.77. The number of hydrogen-bond donors (Lipinski definition) is 0. The Morgan fingerprint density at radius 3 is 2.53 bits per heavy atom. The second kappa shape index (κ2) is 11.5. The van der Waals surface area contributed by atoms with Crippen LogP contribution >= 0.6 is 0 Å². The van der Waals surface area contributed by atoms with Crippen LogP contribution in [-0.2, 0) is 30.3 Å². The number of carbonyl (C=O) groups is 1. The summed E-state index contributed by atoms with van der Waals surface area (Å²) in [6.07, 6.45) is 9.87. The molecule has 3 aromatic carbocycles. The van der Waals surface area contributed by atoms with Gasteiger partial charge in [-0.3, -0.25) is 4.79 Å². The first kappa shape index (κ1) is 28.2. The maximum absolute atomic E-state index is 10.8. The standard InChI is InChI=1S/C23H18N.C11H19NO.Ir/c1-14-12-16-10-11-24-22-18-9-8-15-6-4-5-7-17(15)21(18)23(2,3)19(13-14)20(16)22;1-9(8-10(2)13)12-11-6-4-3-5-7-11;/h4-8,10-13H,1-3H3;8,11H,3-7H2,1-2H3,(H,12,13);/q-1;;/p-1. The average Bonchev–Trinajstić information content (AvgIpc) is 2.87. The smallest absolute Gasteiger partial charge is 0.151 e. The number of benzene rings is 3. The summed E-state index contributed by atoms with van der Waals surface area (Å²) in [6, 6.07) is 21.4. The van der Waals surface area contributed by atoms with Crippen molar-refractivity contribution in [1.82, 2.24) is 4.98 Å². The predicted molar refractivity (Wildman–Crippen MR) is 155 cm³/mol. The normalized spacial score (nSPS) is 16.2. The Kier molecular flexibility index (Phi) is 8.55. The van der Waals surface area contributed by atoms with Crippen molar-refractivity contribution in [2.24, 2.45) is 0 Å². The average molecular weight is 681 g/mol. The zero-order valence-corrected chi connectivity index (χ0v) is 25.4. The van der Waals surface area contributed by atoms with E-state index in [-0.39, 0.29) is 31.3 Å². The molecule has 4 aromatic rings. The molecule has 2 aliphatic carbocycles. The van der Waals surface area contributed by atoms with E-state index in [0.717, 1.165) is 17.0 Å². The van der Waals surface area contributed by atoms with Crippen LogP contribution < -0.4 is 0 Å². The van der Waals surface area contributed by atoms with Crippen LogP contribution in [0.4, 0.5) is 0 Å². The van der Waals surface area contributed by atoms with Crippen molar-refractivity contribution in [1.29, 1.82) is 0 Å². The molecule has 4 heteroatoms. The van der Waals surface area contributed by atoms with Crippen LogP contribution in [0.5, 0.6) is 0 Å². The number of hydrogen-bond acceptors (Lipinski definition) is 2. The summed E-state index contributed by atoms with van der Waals surface area (Å²) >= 11 is 0. The molecule has 6 rings (SSSR count). The van der Waals surface area contributed by atoms with E-state index in [1.807, 2.05) is 13.1 Å². The number of allylic oxidation sites excluding steroid dienone is 2. The summed E-state index contributed by atoms with van der Waals surface area (Å²) in [5.41, 5.74) is 7.06. The SMILES string of the molecule is CC(=O)/C=C(/C)[N-]C1CCCCC1.Cc1cc2c3c(nccc3c1)-c1[c-]cc3ccccc3c1C2(C)C.[Ir]. The maximum Gasteiger partial charge on any atom is 0.151 e. The molecule has 2 aliphatic rings. The molecule has 0 amide bonds. The van der Waals surface area contributed by atoms with Gasteiger partial charge in [-0.25, -0.2) is 0 Å². The van der Waals surface area contributed by atoms with Crippen molar-refractivity contribution < 1.29 is 24.9 Å². The van der Waals surface area contributed by atoms with E-state index < -0.39 is 0 Å². The van der Waals surface area contributed by atoms with Crippen LogP contribution in [0.2, 0.25) is 0 Å². The quantitative estimate of drug-likeness (QED) is 0.160. The first-order valence-electron chi connectivity index (χ1n) is 13.5.